The third-order valence-electron chi connectivity index (χ3n) is 3.94. The van der Waals surface area contributed by atoms with Gasteiger partial charge in [-0.25, -0.2) is 4.98 Å². The summed E-state index contributed by atoms with van der Waals surface area (Å²) in [4.78, 5) is 7.04. The standard InChI is InChI=1S/C17H26ClN3/c1-5-19-12-15-14(18)6-7-16(20-15)21-10-8-13(9-11-21)17(2,3)4/h6-8,19H,5,9-12H2,1-4H3. The number of nitrogens with zero attached hydrogens (tertiary/aromatic N) is 2. The molecule has 2 heterocycles. The maximum atomic E-state index is 6.22. The lowest BCUT2D eigenvalue weighted by Crippen LogP contribution is -2.32. The summed E-state index contributed by atoms with van der Waals surface area (Å²) in [5, 5.41) is 4.02. The highest BCUT2D eigenvalue weighted by Crippen LogP contribution is 2.31. The van der Waals surface area contributed by atoms with Crippen LogP contribution in [0.25, 0.3) is 0 Å². The van der Waals surface area contributed by atoms with Gasteiger partial charge in [-0.3, -0.25) is 0 Å². The van der Waals surface area contributed by atoms with Crippen molar-refractivity contribution < 1.29 is 0 Å². The molecule has 0 radical (unpaired) electrons. The van der Waals surface area contributed by atoms with Crippen LogP contribution in [-0.4, -0.2) is 24.6 Å². The van der Waals surface area contributed by atoms with E-state index in [9.17, 15) is 0 Å². The lowest BCUT2D eigenvalue weighted by Gasteiger charge is -2.33. The first-order valence-electron chi connectivity index (χ1n) is 7.72. The summed E-state index contributed by atoms with van der Waals surface area (Å²) in [6.07, 6.45) is 3.46. The van der Waals surface area contributed by atoms with Crippen LogP contribution < -0.4 is 10.2 Å². The van der Waals surface area contributed by atoms with E-state index in [2.05, 4.69) is 44.0 Å². The Bertz CT molecular complexity index is 517. The van der Waals surface area contributed by atoms with Gasteiger partial charge in [0.1, 0.15) is 5.82 Å². The van der Waals surface area contributed by atoms with Crippen LogP contribution in [-0.2, 0) is 6.54 Å². The van der Waals surface area contributed by atoms with Crippen LogP contribution in [0.4, 0.5) is 5.82 Å². The molecule has 0 atom stereocenters. The van der Waals surface area contributed by atoms with Gasteiger partial charge in [-0.15, -0.1) is 0 Å². The van der Waals surface area contributed by atoms with E-state index in [1.807, 2.05) is 12.1 Å². The van der Waals surface area contributed by atoms with E-state index in [0.717, 1.165) is 49.1 Å². The smallest absolute Gasteiger partial charge is 0.129 e. The molecule has 1 aromatic rings. The summed E-state index contributed by atoms with van der Waals surface area (Å²) >= 11 is 6.22. The highest BCUT2D eigenvalue weighted by atomic mass is 35.5. The normalized spacial score (nSPS) is 16.0. The second-order valence-corrected chi connectivity index (χ2v) is 6.96. The summed E-state index contributed by atoms with van der Waals surface area (Å²) < 4.78 is 0. The molecule has 1 N–H and O–H groups in total. The van der Waals surface area contributed by atoms with Gasteiger partial charge in [-0.2, -0.15) is 0 Å². The summed E-state index contributed by atoms with van der Waals surface area (Å²) in [7, 11) is 0. The molecule has 1 aliphatic rings. The highest BCUT2D eigenvalue weighted by molar-refractivity contribution is 6.31. The molecular formula is C17H26ClN3. The number of anilines is 1. The van der Waals surface area contributed by atoms with Gasteiger partial charge in [0.2, 0.25) is 0 Å². The first-order chi connectivity index (χ1) is 9.91. The van der Waals surface area contributed by atoms with E-state index in [0.29, 0.717) is 0 Å². The minimum atomic E-state index is 0.274. The highest BCUT2D eigenvalue weighted by Gasteiger charge is 2.22. The Morgan fingerprint density at radius 2 is 2.10 bits per heavy atom. The third-order valence-corrected chi connectivity index (χ3v) is 4.29. The number of halogens is 1. The molecule has 21 heavy (non-hydrogen) atoms. The molecule has 0 saturated heterocycles. The van der Waals surface area contributed by atoms with Crippen LogP contribution >= 0.6 is 11.6 Å². The van der Waals surface area contributed by atoms with Crippen molar-refractivity contribution in [2.24, 2.45) is 5.41 Å². The summed E-state index contributed by atoms with van der Waals surface area (Å²) in [6.45, 7) is 12.5. The van der Waals surface area contributed by atoms with E-state index in [1.165, 1.54) is 0 Å². The molecule has 0 fully saturated rings. The van der Waals surface area contributed by atoms with E-state index >= 15 is 0 Å². The maximum absolute atomic E-state index is 6.22. The Morgan fingerprint density at radius 1 is 1.33 bits per heavy atom. The molecule has 2 rings (SSSR count). The van der Waals surface area contributed by atoms with Gasteiger partial charge in [0, 0.05) is 19.6 Å². The predicted octanol–water partition coefficient (Wildman–Crippen LogP) is 4.03. The van der Waals surface area contributed by atoms with Crippen LogP contribution in [0.3, 0.4) is 0 Å². The molecule has 3 nitrogen and oxygen atoms in total. The van der Waals surface area contributed by atoms with Crippen molar-refractivity contribution in [1.82, 2.24) is 10.3 Å². The maximum Gasteiger partial charge on any atom is 0.129 e. The zero-order valence-corrected chi connectivity index (χ0v) is 14.3. The largest absolute Gasteiger partial charge is 0.353 e. The molecule has 1 aliphatic heterocycles. The number of pyridine rings is 1. The second-order valence-electron chi connectivity index (χ2n) is 6.55. The van der Waals surface area contributed by atoms with E-state index in [-0.39, 0.29) is 5.41 Å². The first-order valence-corrected chi connectivity index (χ1v) is 8.10. The number of hydrogen-bond donors (Lipinski definition) is 1. The lowest BCUT2D eigenvalue weighted by molar-refractivity contribution is 0.472. The van der Waals surface area contributed by atoms with Crippen LogP contribution in [0, 0.1) is 5.41 Å². The minimum Gasteiger partial charge on any atom is -0.353 e. The van der Waals surface area contributed by atoms with Crippen LogP contribution in [0.5, 0.6) is 0 Å². The zero-order valence-electron chi connectivity index (χ0n) is 13.5. The van der Waals surface area contributed by atoms with Crippen LogP contribution in [0.1, 0.15) is 39.8 Å². The van der Waals surface area contributed by atoms with Gasteiger partial charge in [0.25, 0.3) is 0 Å². The van der Waals surface area contributed by atoms with Gasteiger partial charge >= 0.3 is 0 Å². The molecule has 0 aliphatic carbocycles. The molecule has 0 unspecified atom stereocenters. The van der Waals surface area contributed by atoms with Crippen molar-refractivity contribution in [1.29, 1.82) is 0 Å². The lowest BCUT2D eigenvalue weighted by atomic mass is 9.83. The summed E-state index contributed by atoms with van der Waals surface area (Å²) in [5.41, 5.74) is 2.75. The van der Waals surface area contributed by atoms with Crippen molar-refractivity contribution in [3.8, 4) is 0 Å². The molecule has 0 spiro atoms. The fourth-order valence-corrected chi connectivity index (χ4v) is 2.75. The van der Waals surface area contributed by atoms with Gasteiger partial charge in [0.15, 0.2) is 0 Å². The number of aromatic nitrogens is 1. The van der Waals surface area contributed by atoms with Crippen LogP contribution in [0.2, 0.25) is 5.02 Å². The van der Waals surface area contributed by atoms with Crippen molar-refractivity contribution in [3.63, 3.8) is 0 Å². The Labute approximate surface area is 133 Å². The SMILES string of the molecule is CCNCc1nc(N2CC=C(C(C)(C)C)CC2)ccc1Cl. The van der Waals surface area contributed by atoms with E-state index < -0.39 is 0 Å². The number of hydrogen-bond acceptors (Lipinski definition) is 3. The Balaban J connectivity index is 2.11. The van der Waals surface area contributed by atoms with Crippen molar-refractivity contribution in [2.75, 3.05) is 24.5 Å². The Kier molecular flexibility index (Phi) is 5.28. The van der Waals surface area contributed by atoms with E-state index in [1.54, 1.807) is 5.57 Å². The van der Waals surface area contributed by atoms with Gasteiger partial charge in [-0.05, 0) is 30.5 Å². The molecule has 0 aromatic carbocycles. The summed E-state index contributed by atoms with van der Waals surface area (Å²) in [6, 6.07) is 3.98. The van der Waals surface area contributed by atoms with Crippen LogP contribution in [0.15, 0.2) is 23.8 Å². The van der Waals surface area contributed by atoms with Gasteiger partial charge in [0.05, 0.1) is 10.7 Å². The van der Waals surface area contributed by atoms with E-state index in [4.69, 9.17) is 16.6 Å². The molecular weight excluding hydrogens is 282 g/mol. The molecule has 1 aromatic heterocycles. The monoisotopic (exact) mass is 307 g/mol. The second kappa shape index (κ2) is 6.80. The quantitative estimate of drug-likeness (QED) is 0.851. The molecule has 0 saturated carbocycles. The van der Waals surface area contributed by atoms with Crippen molar-refractivity contribution >= 4 is 17.4 Å². The zero-order chi connectivity index (χ0) is 15.5. The first kappa shape index (κ1) is 16.3. The Hall–Kier alpha value is -1.06. The Morgan fingerprint density at radius 3 is 2.67 bits per heavy atom. The molecule has 0 amide bonds. The predicted molar refractivity (Wildman–Crippen MR) is 91.0 cm³/mol. The van der Waals surface area contributed by atoms with Crippen molar-refractivity contribution in [3.05, 3.63) is 34.5 Å². The number of nitrogens with one attached hydrogen (secondary N) is 1. The van der Waals surface area contributed by atoms with Crippen molar-refractivity contribution in [2.45, 2.75) is 40.7 Å². The number of rotatable bonds is 4. The summed E-state index contributed by atoms with van der Waals surface area (Å²) in [5.74, 6) is 1.02. The average molecular weight is 308 g/mol. The fourth-order valence-electron chi connectivity index (χ4n) is 2.57. The average Bonchev–Trinajstić information content (AvgIpc) is 2.46. The fraction of sp³-hybridized carbons (Fsp3) is 0.588. The molecule has 4 heteroatoms. The molecule has 0 bridgehead atoms. The third kappa shape index (κ3) is 4.21. The van der Waals surface area contributed by atoms with Gasteiger partial charge in [-0.1, -0.05) is 50.9 Å². The topological polar surface area (TPSA) is 28.2 Å². The minimum absolute atomic E-state index is 0.274. The molecule has 116 valence electrons. The van der Waals surface area contributed by atoms with Gasteiger partial charge < -0.3 is 10.2 Å².